The molecule has 1 aromatic rings. The lowest BCUT2D eigenvalue weighted by atomic mass is 9.72. The molecule has 2 heteroatoms. The van der Waals surface area contributed by atoms with Crippen molar-refractivity contribution in [2.24, 2.45) is 5.41 Å². The highest BCUT2D eigenvalue weighted by atomic mass is 16.1. The second-order valence-electron chi connectivity index (χ2n) is 7.39. The van der Waals surface area contributed by atoms with Crippen molar-refractivity contribution in [1.82, 2.24) is 0 Å². The Hall–Kier alpha value is -2.35. The summed E-state index contributed by atoms with van der Waals surface area (Å²) in [5, 5.41) is 2.84. The summed E-state index contributed by atoms with van der Waals surface area (Å²) in [5.41, 5.74) is 5.14. The third-order valence-electron chi connectivity index (χ3n) is 4.70. The number of hydrogen-bond acceptors (Lipinski definition) is 1. The van der Waals surface area contributed by atoms with Gasteiger partial charge in [-0.15, -0.1) is 0 Å². The van der Waals surface area contributed by atoms with E-state index in [9.17, 15) is 4.79 Å². The van der Waals surface area contributed by atoms with Crippen molar-refractivity contribution in [2.75, 3.05) is 5.32 Å². The van der Waals surface area contributed by atoms with E-state index in [1.807, 2.05) is 36.4 Å². The predicted molar refractivity (Wildman–Crippen MR) is 107 cm³/mol. The number of hydrogen-bond donors (Lipinski definition) is 1. The number of rotatable bonds is 5. The predicted octanol–water partition coefficient (Wildman–Crippen LogP) is 6.21. The molecule has 1 aromatic carbocycles. The Labute approximate surface area is 152 Å². The van der Waals surface area contributed by atoms with E-state index in [-0.39, 0.29) is 11.3 Å². The Bertz CT molecular complexity index is 718. The highest BCUT2D eigenvalue weighted by molar-refractivity contribution is 5.99. The fourth-order valence-corrected chi connectivity index (χ4v) is 3.27. The molecule has 0 fully saturated rings. The first-order chi connectivity index (χ1) is 11.9. The number of anilines is 1. The van der Waals surface area contributed by atoms with E-state index in [0.29, 0.717) is 0 Å². The number of nitrogens with one attached hydrogen (secondary N) is 1. The van der Waals surface area contributed by atoms with Gasteiger partial charge >= 0.3 is 0 Å². The van der Waals surface area contributed by atoms with Crippen LogP contribution in [0.2, 0.25) is 0 Å². The van der Waals surface area contributed by atoms with Crippen LogP contribution in [-0.2, 0) is 4.79 Å². The van der Waals surface area contributed by atoms with Crippen LogP contribution in [-0.4, -0.2) is 5.91 Å². The van der Waals surface area contributed by atoms with Gasteiger partial charge in [-0.2, -0.15) is 0 Å². The fraction of sp³-hybridized carbons (Fsp3) is 0.348. The van der Waals surface area contributed by atoms with Crippen molar-refractivity contribution in [3.63, 3.8) is 0 Å². The Balaban J connectivity index is 1.96. The number of allylic oxidation sites excluding steroid dienone is 7. The van der Waals surface area contributed by atoms with Crippen LogP contribution in [0.25, 0.3) is 0 Å². The van der Waals surface area contributed by atoms with Gasteiger partial charge in [0.1, 0.15) is 0 Å². The standard InChI is InChI=1S/C23H29NO/c1-18(15-16-21-19(2)11-9-17-23(21,3)4)10-8-14-22(25)24-20-12-6-5-7-13-20/h5-8,10,12-16H,9,11,17H2,1-4H3,(H,24,25)/b14-8+,16-15+,18-10+. The summed E-state index contributed by atoms with van der Waals surface area (Å²) < 4.78 is 0. The molecule has 1 aliphatic rings. The average Bonchev–Trinajstić information content (AvgIpc) is 2.54. The van der Waals surface area contributed by atoms with Crippen molar-refractivity contribution in [3.05, 3.63) is 77.4 Å². The number of carbonyl (C=O) groups excluding carboxylic acids is 1. The van der Waals surface area contributed by atoms with E-state index in [2.05, 4.69) is 45.2 Å². The van der Waals surface area contributed by atoms with E-state index in [1.165, 1.54) is 30.4 Å². The lowest BCUT2D eigenvalue weighted by Gasteiger charge is -2.32. The van der Waals surface area contributed by atoms with E-state index in [1.54, 1.807) is 12.2 Å². The molecule has 0 aliphatic heterocycles. The largest absolute Gasteiger partial charge is 0.323 e. The minimum atomic E-state index is -0.119. The normalized spacial score (nSPS) is 18.2. The molecule has 1 aliphatic carbocycles. The second kappa shape index (κ2) is 8.66. The monoisotopic (exact) mass is 335 g/mol. The highest BCUT2D eigenvalue weighted by Crippen LogP contribution is 2.40. The van der Waals surface area contributed by atoms with Crippen molar-refractivity contribution >= 4 is 11.6 Å². The maximum Gasteiger partial charge on any atom is 0.248 e. The molecule has 0 saturated heterocycles. The van der Waals surface area contributed by atoms with Gasteiger partial charge in [-0.1, -0.05) is 67.5 Å². The first kappa shape index (κ1) is 19.0. The molecule has 2 rings (SSSR count). The Morgan fingerprint density at radius 2 is 1.88 bits per heavy atom. The molecule has 2 nitrogen and oxygen atoms in total. The number of carbonyl (C=O) groups is 1. The van der Waals surface area contributed by atoms with E-state index < -0.39 is 0 Å². The zero-order valence-corrected chi connectivity index (χ0v) is 15.8. The quantitative estimate of drug-likeness (QED) is 0.503. The van der Waals surface area contributed by atoms with Gasteiger partial charge in [0.15, 0.2) is 0 Å². The van der Waals surface area contributed by atoms with Gasteiger partial charge in [0.05, 0.1) is 0 Å². The molecule has 0 bridgehead atoms. The topological polar surface area (TPSA) is 29.1 Å². The van der Waals surface area contributed by atoms with Gasteiger partial charge in [0, 0.05) is 11.8 Å². The molecule has 1 amide bonds. The van der Waals surface area contributed by atoms with Crippen LogP contribution >= 0.6 is 0 Å². The maximum absolute atomic E-state index is 11.9. The summed E-state index contributed by atoms with van der Waals surface area (Å²) in [6.45, 7) is 8.94. The Morgan fingerprint density at radius 3 is 2.56 bits per heavy atom. The summed E-state index contributed by atoms with van der Waals surface area (Å²) in [7, 11) is 0. The molecule has 0 spiro atoms. The van der Waals surface area contributed by atoms with Crippen LogP contribution in [0.4, 0.5) is 5.69 Å². The third kappa shape index (κ3) is 5.90. The van der Waals surface area contributed by atoms with Crippen LogP contribution in [0.5, 0.6) is 0 Å². The number of amides is 1. The molecule has 132 valence electrons. The lowest BCUT2D eigenvalue weighted by molar-refractivity contribution is -0.111. The lowest BCUT2D eigenvalue weighted by Crippen LogP contribution is -2.19. The van der Waals surface area contributed by atoms with Gasteiger partial charge in [0.25, 0.3) is 0 Å². The van der Waals surface area contributed by atoms with Crippen molar-refractivity contribution in [1.29, 1.82) is 0 Å². The molecule has 0 unspecified atom stereocenters. The van der Waals surface area contributed by atoms with Gasteiger partial charge in [-0.25, -0.2) is 0 Å². The number of benzene rings is 1. The van der Waals surface area contributed by atoms with E-state index in [4.69, 9.17) is 0 Å². The minimum Gasteiger partial charge on any atom is -0.323 e. The average molecular weight is 335 g/mol. The SMILES string of the molecule is CC1=C(/C=C/C(C)=C/C=C/C(=O)Nc2ccccc2)C(C)(C)CCC1. The van der Waals surface area contributed by atoms with Crippen LogP contribution in [0, 0.1) is 5.41 Å². The molecule has 0 heterocycles. The van der Waals surface area contributed by atoms with Crippen LogP contribution in [0.15, 0.2) is 77.4 Å². The van der Waals surface area contributed by atoms with Gasteiger partial charge in [0.2, 0.25) is 5.91 Å². The second-order valence-corrected chi connectivity index (χ2v) is 7.39. The highest BCUT2D eigenvalue weighted by Gasteiger charge is 2.26. The summed E-state index contributed by atoms with van der Waals surface area (Å²) in [5.74, 6) is -0.119. The van der Waals surface area contributed by atoms with Gasteiger partial charge < -0.3 is 5.32 Å². The smallest absolute Gasteiger partial charge is 0.248 e. The van der Waals surface area contributed by atoms with E-state index >= 15 is 0 Å². The summed E-state index contributed by atoms with van der Waals surface area (Å²) in [6.07, 6.45) is 13.4. The van der Waals surface area contributed by atoms with E-state index in [0.717, 1.165) is 11.3 Å². The first-order valence-electron chi connectivity index (χ1n) is 8.98. The van der Waals surface area contributed by atoms with Crippen molar-refractivity contribution in [3.8, 4) is 0 Å². The summed E-state index contributed by atoms with van der Waals surface area (Å²) in [6, 6.07) is 9.47. The zero-order valence-electron chi connectivity index (χ0n) is 15.8. The molecular weight excluding hydrogens is 306 g/mol. The zero-order chi connectivity index (χ0) is 18.3. The molecule has 0 aromatic heterocycles. The van der Waals surface area contributed by atoms with Crippen LogP contribution < -0.4 is 5.32 Å². The molecule has 0 radical (unpaired) electrons. The number of para-hydroxylation sites is 1. The van der Waals surface area contributed by atoms with Crippen LogP contribution in [0.3, 0.4) is 0 Å². The summed E-state index contributed by atoms with van der Waals surface area (Å²) >= 11 is 0. The Kier molecular flexibility index (Phi) is 6.58. The molecule has 0 saturated carbocycles. The van der Waals surface area contributed by atoms with Gasteiger partial charge in [-0.05, 0) is 56.2 Å². The first-order valence-corrected chi connectivity index (χ1v) is 8.98. The third-order valence-corrected chi connectivity index (χ3v) is 4.70. The molecule has 25 heavy (non-hydrogen) atoms. The van der Waals surface area contributed by atoms with Crippen molar-refractivity contribution < 1.29 is 4.79 Å². The van der Waals surface area contributed by atoms with Crippen LogP contribution in [0.1, 0.15) is 47.0 Å². The molecule has 0 atom stereocenters. The fourth-order valence-electron chi connectivity index (χ4n) is 3.27. The molecule has 1 N–H and O–H groups in total. The van der Waals surface area contributed by atoms with Crippen molar-refractivity contribution in [2.45, 2.75) is 47.0 Å². The molecular formula is C23H29NO. The summed E-state index contributed by atoms with van der Waals surface area (Å²) in [4.78, 5) is 11.9. The Morgan fingerprint density at radius 1 is 1.16 bits per heavy atom. The van der Waals surface area contributed by atoms with Gasteiger partial charge in [-0.3, -0.25) is 4.79 Å². The minimum absolute atomic E-state index is 0.119. The maximum atomic E-state index is 11.9.